The topological polar surface area (TPSA) is 53.4 Å². The normalized spacial score (nSPS) is 12.9. The van der Waals surface area contributed by atoms with Gasteiger partial charge in [0, 0.05) is 25.4 Å². The van der Waals surface area contributed by atoms with E-state index < -0.39 is 5.97 Å². The zero-order chi connectivity index (χ0) is 14.6. The molecule has 1 unspecified atom stereocenters. The van der Waals surface area contributed by atoms with Gasteiger partial charge in [-0.2, -0.15) is 0 Å². The van der Waals surface area contributed by atoms with Crippen LogP contribution in [0.2, 0.25) is 0 Å². The Balaban J connectivity index is 2.97. The number of hydrogen-bond donors (Lipinski definition) is 1. The van der Waals surface area contributed by atoms with Crippen LogP contribution >= 0.6 is 0 Å². The number of aryl methyl sites for hydroxylation is 1. The van der Waals surface area contributed by atoms with Gasteiger partial charge >= 0.3 is 5.97 Å². The van der Waals surface area contributed by atoms with Crippen molar-refractivity contribution in [2.45, 2.75) is 33.7 Å². The van der Waals surface area contributed by atoms with Gasteiger partial charge in [-0.25, -0.2) is 9.78 Å². The zero-order valence-corrected chi connectivity index (χ0v) is 12.2. The second-order valence-electron chi connectivity index (χ2n) is 5.18. The molecule has 1 rings (SSSR count). The molecule has 4 nitrogen and oxygen atoms in total. The molecule has 0 spiro atoms. The van der Waals surface area contributed by atoms with Crippen LogP contribution in [0.3, 0.4) is 0 Å². The van der Waals surface area contributed by atoms with Gasteiger partial charge in [-0.05, 0) is 43.0 Å². The minimum Gasteiger partial charge on any atom is -0.478 e. The third kappa shape index (κ3) is 4.09. The number of carboxylic acids is 1. The van der Waals surface area contributed by atoms with Crippen molar-refractivity contribution >= 4 is 17.9 Å². The van der Waals surface area contributed by atoms with E-state index in [0.717, 1.165) is 23.0 Å². The molecule has 0 radical (unpaired) electrons. The van der Waals surface area contributed by atoms with Crippen molar-refractivity contribution in [1.82, 2.24) is 4.98 Å². The van der Waals surface area contributed by atoms with Crippen LogP contribution in [0.15, 0.2) is 18.3 Å². The van der Waals surface area contributed by atoms with Gasteiger partial charge in [0.05, 0.1) is 0 Å². The van der Waals surface area contributed by atoms with Crippen molar-refractivity contribution in [3.8, 4) is 0 Å². The minimum absolute atomic E-state index is 0.395. The molecule has 0 aliphatic carbocycles. The van der Waals surface area contributed by atoms with E-state index in [1.807, 2.05) is 20.0 Å². The highest BCUT2D eigenvalue weighted by Gasteiger charge is 2.16. The lowest BCUT2D eigenvalue weighted by Crippen LogP contribution is -2.34. The Morgan fingerprint density at radius 3 is 2.53 bits per heavy atom. The highest BCUT2D eigenvalue weighted by atomic mass is 16.4. The molecular formula is C15H22N2O2. The van der Waals surface area contributed by atoms with Gasteiger partial charge < -0.3 is 10.0 Å². The summed E-state index contributed by atoms with van der Waals surface area (Å²) in [7, 11) is 2.03. The lowest BCUT2D eigenvalue weighted by atomic mass is 10.0. The van der Waals surface area contributed by atoms with Gasteiger partial charge in [0.1, 0.15) is 5.82 Å². The SMILES string of the molecule is Cc1cc(/C=C/C(=O)O)cnc1N(C)C(C)C(C)C. The average Bonchev–Trinajstić information content (AvgIpc) is 2.34. The standard InChI is InChI=1S/C15H22N2O2/c1-10(2)12(4)17(5)15-11(3)8-13(9-16-15)6-7-14(18)19/h6-10,12H,1-5H3,(H,18,19)/b7-6+. The largest absolute Gasteiger partial charge is 0.478 e. The number of hydrogen-bond acceptors (Lipinski definition) is 3. The molecule has 19 heavy (non-hydrogen) atoms. The Morgan fingerprint density at radius 2 is 2.05 bits per heavy atom. The summed E-state index contributed by atoms with van der Waals surface area (Å²) in [5, 5.41) is 8.61. The second kappa shape index (κ2) is 6.36. The van der Waals surface area contributed by atoms with E-state index in [1.165, 1.54) is 0 Å². The number of nitrogens with zero attached hydrogens (tertiary/aromatic N) is 2. The molecular weight excluding hydrogens is 240 g/mol. The number of rotatable bonds is 5. The van der Waals surface area contributed by atoms with E-state index in [1.54, 1.807) is 12.3 Å². The fourth-order valence-electron chi connectivity index (χ4n) is 1.86. The van der Waals surface area contributed by atoms with E-state index in [2.05, 4.69) is 30.7 Å². The van der Waals surface area contributed by atoms with Crippen LogP contribution in [-0.2, 0) is 4.79 Å². The first-order valence-electron chi connectivity index (χ1n) is 6.43. The first-order valence-corrected chi connectivity index (χ1v) is 6.43. The lowest BCUT2D eigenvalue weighted by molar-refractivity contribution is -0.131. The molecule has 104 valence electrons. The first kappa shape index (κ1) is 15.2. The van der Waals surface area contributed by atoms with Crippen LogP contribution in [0.5, 0.6) is 0 Å². The van der Waals surface area contributed by atoms with E-state index in [4.69, 9.17) is 5.11 Å². The maximum Gasteiger partial charge on any atom is 0.328 e. The Labute approximate surface area is 114 Å². The zero-order valence-electron chi connectivity index (χ0n) is 12.2. The summed E-state index contributed by atoms with van der Waals surface area (Å²) >= 11 is 0. The van der Waals surface area contributed by atoms with Crippen molar-refractivity contribution in [2.75, 3.05) is 11.9 Å². The van der Waals surface area contributed by atoms with Crippen LogP contribution in [0.1, 0.15) is 31.9 Å². The van der Waals surface area contributed by atoms with Crippen molar-refractivity contribution in [3.63, 3.8) is 0 Å². The predicted molar refractivity (Wildman–Crippen MR) is 78.3 cm³/mol. The summed E-state index contributed by atoms with van der Waals surface area (Å²) in [5.41, 5.74) is 1.84. The fraction of sp³-hybridized carbons (Fsp3) is 0.467. The predicted octanol–water partition coefficient (Wildman–Crippen LogP) is 2.97. The molecule has 0 bridgehead atoms. The smallest absolute Gasteiger partial charge is 0.328 e. The molecule has 0 fully saturated rings. The summed E-state index contributed by atoms with van der Waals surface area (Å²) < 4.78 is 0. The molecule has 4 heteroatoms. The van der Waals surface area contributed by atoms with Crippen molar-refractivity contribution < 1.29 is 9.90 Å². The van der Waals surface area contributed by atoms with Gasteiger partial charge in [-0.15, -0.1) is 0 Å². The second-order valence-corrected chi connectivity index (χ2v) is 5.18. The van der Waals surface area contributed by atoms with Gasteiger partial charge in [0.15, 0.2) is 0 Å². The molecule has 0 aliphatic heterocycles. The molecule has 1 aromatic rings. The summed E-state index contributed by atoms with van der Waals surface area (Å²) in [6.07, 6.45) is 4.37. The monoisotopic (exact) mass is 262 g/mol. The quantitative estimate of drug-likeness (QED) is 0.829. The molecule has 1 atom stereocenters. The number of anilines is 1. The number of carbonyl (C=O) groups is 1. The summed E-state index contributed by atoms with van der Waals surface area (Å²) in [6, 6.07) is 2.34. The maximum atomic E-state index is 10.5. The maximum absolute atomic E-state index is 10.5. The van der Waals surface area contributed by atoms with Gasteiger partial charge in [-0.3, -0.25) is 0 Å². The molecule has 1 heterocycles. The van der Waals surface area contributed by atoms with Gasteiger partial charge in [-0.1, -0.05) is 13.8 Å². The molecule has 0 saturated heterocycles. The van der Waals surface area contributed by atoms with E-state index in [0.29, 0.717) is 12.0 Å². The minimum atomic E-state index is -0.952. The Kier molecular flexibility index (Phi) is 5.10. The van der Waals surface area contributed by atoms with Crippen molar-refractivity contribution in [1.29, 1.82) is 0 Å². The van der Waals surface area contributed by atoms with Crippen LogP contribution in [0, 0.1) is 12.8 Å². The van der Waals surface area contributed by atoms with Crippen LogP contribution in [-0.4, -0.2) is 29.1 Å². The van der Waals surface area contributed by atoms with E-state index >= 15 is 0 Å². The number of aliphatic carboxylic acids is 1. The van der Waals surface area contributed by atoms with Crippen LogP contribution in [0.25, 0.3) is 6.08 Å². The third-order valence-electron chi connectivity index (χ3n) is 3.40. The third-order valence-corrected chi connectivity index (χ3v) is 3.40. The highest BCUT2D eigenvalue weighted by Crippen LogP contribution is 2.21. The molecule has 1 aromatic heterocycles. The summed E-state index contributed by atoms with van der Waals surface area (Å²) in [4.78, 5) is 17.1. The molecule has 1 N–H and O–H groups in total. The van der Waals surface area contributed by atoms with Crippen LogP contribution < -0.4 is 4.90 Å². The average molecular weight is 262 g/mol. The van der Waals surface area contributed by atoms with Crippen LogP contribution in [0.4, 0.5) is 5.82 Å². The van der Waals surface area contributed by atoms with Crippen molar-refractivity contribution in [3.05, 3.63) is 29.5 Å². The molecule has 0 saturated carbocycles. The lowest BCUT2D eigenvalue weighted by Gasteiger charge is -2.30. The highest BCUT2D eigenvalue weighted by molar-refractivity contribution is 5.85. The summed E-state index contributed by atoms with van der Waals surface area (Å²) in [6.45, 7) is 8.52. The van der Waals surface area contributed by atoms with E-state index in [-0.39, 0.29) is 0 Å². The first-order chi connectivity index (χ1) is 8.82. The fourth-order valence-corrected chi connectivity index (χ4v) is 1.86. The number of carboxylic acid groups (broad SMARTS) is 1. The van der Waals surface area contributed by atoms with Crippen molar-refractivity contribution in [2.24, 2.45) is 5.92 Å². The molecule has 0 amide bonds. The Bertz CT molecular complexity index is 481. The van der Waals surface area contributed by atoms with Gasteiger partial charge in [0.25, 0.3) is 0 Å². The Hall–Kier alpha value is -1.84. The van der Waals surface area contributed by atoms with Gasteiger partial charge in [0.2, 0.25) is 0 Å². The molecule has 0 aliphatic rings. The number of aromatic nitrogens is 1. The Morgan fingerprint density at radius 1 is 1.42 bits per heavy atom. The molecule has 0 aromatic carbocycles. The number of pyridine rings is 1. The van der Waals surface area contributed by atoms with E-state index in [9.17, 15) is 4.79 Å². The summed E-state index contributed by atoms with van der Waals surface area (Å²) in [5.74, 6) is 0.527.